The minimum Gasteiger partial charge on any atom is -0.478 e. The zero-order chi connectivity index (χ0) is 27.0. The second kappa shape index (κ2) is 13.2. The second-order valence-corrected chi connectivity index (χ2v) is 8.85. The van der Waals surface area contributed by atoms with Crippen LogP contribution in [0.1, 0.15) is 34.6 Å². The zero-order valence-electron chi connectivity index (χ0n) is 20.5. The van der Waals surface area contributed by atoms with Crippen molar-refractivity contribution in [2.75, 3.05) is 6.61 Å². The Morgan fingerprint density at radius 3 is 2.20 bits per heavy atom. The van der Waals surface area contributed by atoms with Gasteiger partial charge >= 0.3 is 11.9 Å². The van der Waals surface area contributed by atoms with Crippen LogP contribution in [0.5, 0.6) is 0 Å². The Kier molecular flexibility index (Phi) is 11.4. The molecule has 0 saturated heterocycles. The summed E-state index contributed by atoms with van der Waals surface area (Å²) >= 11 is 0. The van der Waals surface area contributed by atoms with E-state index in [0.717, 1.165) is 6.08 Å². The third-order valence-electron chi connectivity index (χ3n) is 5.08. The SMILES string of the molecule is CC(=O)N[C@H]1[C@H]([C@H](O)[C@H](O)CO)OC(C(=O)OC(OC(=O)[C@H](N)C(C)C)C(C)C)=C[C@@H]1N=C(N)N. The van der Waals surface area contributed by atoms with E-state index in [1.165, 1.54) is 6.92 Å². The van der Waals surface area contributed by atoms with Crippen LogP contribution >= 0.6 is 0 Å². The molecule has 0 bridgehead atoms. The Morgan fingerprint density at radius 2 is 1.74 bits per heavy atom. The number of aliphatic hydroxyl groups excluding tert-OH is 3. The summed E-state index contributed by atoms with van der Waals surface area (Å²) in [4.78, 5) is 40.9. The molecule has 0 saturated carbocycles. The minimum absolute atomic E-state index is 0.221. The molecule has 7 atom stereocenters. The molecule has 1 unspecified atom stereocenters. The lowest BCUT2D eigenvalue weighted by atomic mass is 9.92. The lowest BCUT2D eigenvalue weighted by molar-refractivity contribution is -0.198. The predicted molar refractivity (Wildman–Crippen MR) is 123 cm³/mol. The van der Waals surface area contributed by atoms with E-state index in [0.29, 0.717) is 0 Å². The van der Waals surface area contributed by atoms with Crippen molar-refractivity contribution in [2.45, 2.75) is 77.3 Å². The number of carbonyl (C=O) groups is 3. The number of nitrogens with one attached hydrogen (secondary N) is 1. The van der Waals surface area contributed by atoms with Gasteiger partial charge in [0.05, 0.1) is 18.7 Å². The van der Waals surface area contributed by atoms with Crippen LogP contribution in [0.4, 0.5) is 0 Å². The van der Waals surface area contributed by atoms with E-state index in [2.05, 4.69) is 10.3 Å². The maximum Gasteiger partial charge on any atom is 0.376 e. The first-order chi connectivity index (χ1) is 16.2. The number of esters is 2. The predicted octanol–water partition coefficient (Wildman–Crippen LogP) is -2.82. The van der Waals surface area contributed by atoms with Gasteiger partial charge in [0.2, 0.25) is 18.0 Å². The van der Waals surface area contributed by atoms with Crippen molar-refractivity contribution in [1.29, 1.82) is 0 Å². The van der Waals surface area contributed by atoms with E-state index < -0.39 is 84.8 Å². The van der Waals surface area contributed by atoms with Crippen LogP contribution in [0.2, 0.25) is 0 Å². The van der Waals surface area contributed by atoms with Gasteiger partial charge in [0.1, 0.15) is 24.4 Å². The summed E-state index contributed by atoms with van der Waals surface area (Å²) < 4.78 is 16.1. The van der Waals surface area contributed by atoms with Crippen LogP contribution in [0.3, 0.4) is 0 Å². The van der Waals surface area contributed by atoms with Crippen molar-refractivity contribution >= 4 is 23.8 Å². The van der Waals surface area contributed by atoms with E-state index in [-0.39, 0.29) is 5.92 Å². The Hall–Kier alpha value is -2.94. The average Bonchev–Trinajstić information content (AvgIpc) is 2.76. The number of hydrogen-bond acceptors (Lipinski definition) is 11. The monoisotopic (exact) mass is 503 g/mol. The van der Waals surface area contributed by atoms with Crippen molar-refractivity contribution in [3.05, 3.63) is 11.8 Å². The molecule has 0 spiro atoms. The van der Waals surface area contributed by atoms with Gasteiger partial charge in [-0.15, -0.1) is 0 Å². The molecule has 1 heterocycles. The molecule has 10 N–H and O–H groups in total. The van der Waals surface area contributed by atoms with E-state index in [4.69, 9.17) is 31.4 Å². The molecule has 35 heavy (non-hydrogen) atoms. The highest BCUT2D eigenvalue weighted by Gasteiger charge is 2.44. The normalized spacial score (nSPS) is 23.3. The van der Waals surface area contributed by atoms with Crippen molar-refractivity contribution in [2.24, 2.45) is 34.0 Å². The number of nitrogens with zero attached hydrogens (tertiary/aromatic N) is 1. The first-order valence-corrected chi connectivity index (χ1v) is 11.1. The van der Waals surface area contributed by atoms with E-state index in [1.54, 1.807) is 27.7 Å². The van der Waals surface area contributed by atoms with Gasteiger partial charge in [0.15, 0.2) is 5.96 Å². The van der Waals surface area contributed by atoms with Gasteiger partial charge in [0.25, 0.3) is 0 Å². The third-order valence-corrected chi connectivity index (χ3v) is 5.08. The van der Waals surface area contributed by atoms with Crippen LogP contribution in [0.15, 0.2) is 16.8 Å². The summed E-state index contributed by atoms with van der Waals surface area (Å²) in [6.45, 7) is 7.08. The fourth-order valence-electron chi connectivity index (χ4n) is 3.05. The molecule has 14 nitrogen and oxygen atoms in total. The zero-order valence-corrected chi connectivity index (χ0v) is 20.5. The van der Waals surface area contributed by atoms with E-state index in [1.807, 2.05) is 0 Å². The number of carbonyl (C=O) groups excluding carboxylic acids is 3. The Bertz CT molecular complexity index is 813. The van der Waals surface area contributed by atoms with E-state index >= 15 is 0 Å². The molecule has 0 aromatic heterocycles. The van der Waals surface area contributed by atoms with Crippen molar-refractivity contribution in [1.82, 2.24) is 5.32 Å². The largest absolute Gasteiger partial charge is 0.478 e. The summed E-state index contributed by atoms with van der Waals surface area (Å²) in [5.74, 6) is -3.98. The summed E-state index contributed by atoms with van der Waals surface area (Å²) in [5, 5.41) is 32.2. The lowest BCUT2D eigenvalue weighted by Crippen LogP contribution is -2.60. The topological polar surface area (TPSA) is 242 Å². The Balaban J connectivity index is 3.30. The van der Waals surface area contributed by atoms with Gasteiger partial charge in [-0.25, -0.2) is 9.79 Å². The first-order valence-electron chi connectivity index (χ1n) is 11.1. The first kappa shape index (κ1) is 30.1. The number of ether oxygens (including phenoxy) is 3. The van der Waals surface area contributed by atoms with Crippen LogP contribution in [0.25, 0.3) is 0 Å². The lowest BCUT2D eigenvalue weighted by Gasteiger charge is -2.39. The smallest absolute Gasteiger partial charge is 0.376 e. The number of aliphatic imine (C=N–C) groups is 1. The highest BCUT2D eigenvalue weighted by molar-refractivity contribution is 5.87. The molecular weight excluding hydrogens is 466 g/mol. The Labute approximate surface area is 203 Å². The third kappa shape index (κ3) is 8.65. The van der Waals surface area contributed by atoms with Gasteiger partial charge in [-0.2, -0.15) is 0 Å². The van der Waals surface area contributed by atoms with Gasteiger partial charge < -0.3 is 52.0 Å². The highest BCUT2D eigenvalue weighted by Crippen LogP contribution is 2.26. The van der Waals surface area contributed by atoms with Crippen molar-refractivity contribution in [3.63, 3.8) is 0 Å². The second-order valence-electron chi connectivity index (χ2n) is 8.85. The number of guanidine groups is 1. The van der Waals surface area contributed by atoms with E-state index in [9.17, 15) is 29.7 Å². The quantitative estimate of drug-likeness (QED) is 0.0653. The summed E-state index contributed by atoms with van der Waals surface area (Å²) in [7, 11) is 0. The molecule has 0 fully saturated rings. The molecule has 1 rings (SSSR count). The van der Waals surface area contributed by atoms with Crippen LogP contribution < -0.4 is 22.5 Å². The molecule has 1 aliphatic rings. The summed E-state index contributed by atoms with van der Waals surface area (Å²) in [5.41, 5.74) is 16.8. The molecule has 200 valence electrons. The summed E-state index contributed by atoms with van der Waals surface area (Å²) in [6, 6.07) is -3.20. The number of amides is 1. The molecule has 0 aliphatic carbocycles. The molecule has 0 aromatic rings. The fraction of sp³-hybridized carbons (Fsp3) is 0.714. The van der Waals surface area contributed by atoms with Crippen LogP contribution in [-0.2, 0) is 28.6 Å². The average molecular weight is 504 g/mol. The molecule has 1 aliphatic heterocycles. The fourth-order valence-corrected chi connectivity index (χ4v) is 3.05. The maximum absolute atomic E-state index is 12.9. The van der Waals surface area contributed by atoms with Crippen LogP contribution in [0, 0.1) is 11.8 Å². The Morgan fingerprint density at radius 1 is 1.14 bits per heavy atom. The van der Waals surface area contributed by atoms with Gasteiger partial charge in [-0.1, -0.05) is 27.7 Å². The standard InChI is InChI=1S/C21H37N5O9/c1-8(2)14(22)19(32)35-20(9(3)4)34-18(31)13-6-11(26-21(23)24)15(25-10(5)28)17(33-13)16(30)12(29)7-27/h6,8-9,11-12,14-17,20,27,29-30H,7,22H2,1-5H3,(H,25,28)(H4,23,24,26)/t11-,12+,14+,15+,16+,17+,20?/m0/s1. The molecule has 0 radical (unpaired) electrons. The number of rotatable bonds is 11. The highest BCUT2D eigenvalue weighted by atomic mass is 16.7. The minimum atomic E-state index is -1.77. The molecule has 1 amide bonds. The molecular formula is C21H37N5O9. The van der Waals surface area contributed by atoms with Crippen molar-refractivity contribution in [3.8, 4) is 0 Å². The number of hydrogen-bond donors (Lipinski definition) is 7. The summed E-state index contributed by atoms with van der Waals surface area (Å²) in [6.07, 6.45) is -5.11. The van der Waals surface area contributed by atoms with Gasteiger partial charge in [0, 0.05) is 12.8 Å². The maximum atomic E-state index is 12.9. The molecule has 14 heteroatoms. The van der Waals surface area contributed by atoms with Gasteiger partial charge in [-0.05, 0) is 12.0 Å². The molecule has 0 aromatic carbocycles. The number of aliphatic hydroxyl groups is 3. The number of nitrogens with two attached hydrogens (primary N) is 3. The van der Waals surface area contributed by atoms with Crippen LogP contribution in [-0.4, -0.2) is 88.5 Å². The van der Waals surface area contributed by atoms with Crippen molar-refractivity contribution < 1.29 is 43.9 Å². The van der Waals surface area contributed by atoms with Gasteiger partial charge in [-0.3, -0.25) is 9.59 Å².